The highest BCUT2D eigenvalue weighted by Crippen LogP contribution is 2.19. The van der Waals surface area contributed by atoms with Crippen LogP contribution < -0.4 is 10.1 Å². The van der Waals surface area contributed by atoms with Crippen molar-refractivity contribution in [3.05, 3.63) is 59.7 Å². The van der Waals surface area contributed by atoms with Gasteiger partial charge < -0.3 is 15.0 Å². The molecule has 2 rings (SSSR count). The molecule has 0 fully saturated rings. The lowest BCUT2D eigenvalue weighted by Gasteiger charge is -2.22. The average molecular weight is 340 g/mol. The molecule has 5 nitrogen and oxygen atoms in total. The summed E-state index contributed by atoms with van der Waals surface area (Å²) in [5.74, 6) is 0.136. The van der Waals surface area contributed by atoms with Gasteiger partial charge in [-0.2, -0.15) is 0 Å². The van der Waals surface area contributed by atoms with Crippen LogP contribution >= 0.6 is 0 Å². The van der Waals surface area contributed by atoms with Gasteiger partial charge in [-0.3, -0.25) is 9.59 Å². The Morgan fingerprint density at radius 3 is 2.24 bits per heavy atom. The minimum Gasteiger partial charge on any atom is -0.481 e. The van der Waals surface area contributed by atoms with Crippen molar-refractivity contribution in [1.82, 2.24) is 4.90 Å². The summed E-state index contributed by atoms with van der Waals surface area (Å²) < 4.78 is 5.61. The third-order valence-electron chi connectivity index (χ3n) is 3.91. The van der Waals surface area contributed by atoms with Crippen molar-refractivity contribution >= 4 is 17.5 Å². The second-order valence-electron chi connectivity index (χ2n) is 6.08. The predicted octanol–water partition coefficient (Wildman–Crippen LogP) is 3.17. The molecule has 1 atom stereocenters. The molecule has 2 aromatic rings. The van der Waals surface area contributed by atoms with E-state index in [4.69, 9.17) is 4.74 Å². The van der Waals surface area contributed by atoms with Crippen molar-refractivity contribution in [2.45, 2.75) is 26.9 Å². The lowest BCUT2D eigenvalue weighted by Crippen LogP contribution is -2.42. The minimum absolute atomic E-state index is 0.0326. The van der Waals surface area contributed by atoms with E-state index in [0.29, 0.717) is 5.75 Å². The van der Waals surface area contributed by atoms with Crippen LogP contribution in [0.3, 0.4) is 0 Å². The van der Waals surface area contributed by atoms with E-state index in [1.165, 1.54) is 4.90 Å². The first kappa shape index (κ1) is 18.5. The molecule has 0 aliphatic heterocycles. The van der Waals surface area contributed by atoms with Crippen molar-refractivity contribution in [3.63, 3.8) is 0 Å². The second-order valence-corrected chi connectivity index (χ2v) is 6.08. The van der Waals surface area contributed by atoms with E-state index < -0.39 is 6.10 Å². The zero-order valence-electron chi connectivity index (χ0n) is 15.1. The van der Waals surface area contributed by atoms with E-state index >= 15 is 0 Å². The van der Waals surface area contributed by atoms with Gasteiger partial charge in [0.05, 0.1) is 6.54 Å². The summed E-state index contributed by atoms with van der Waals surface area (Å²) in [4.78, 5) is 26.0. The zero-order chi connectivity index (χ0) is 18.4. The van der Waals surface area contributed by atoms with Crippen molar-refractivity contribution in [2.75, 3.05) is 18.9 Å². The molecule has 0 aliphatic carbocycles. The highest BCUT2D eigenvalue weighted by molar-refractivity contribution is 5.96. The monoisotopic (exact) mass is 340 g/mol. The number of para-hydroxylation sites is 2. The maximum atomic E-state index is 12.4. The van der Waals surface area contributed by atoms with E-state index in [1.54, 1.807) is 26.1 Å². The molecule has 0 saturated carbocycles. The zero-order valence-corrected chi connectivity index (χ0v) is 15.1. The maximum Gasteiger partial charge on any atom is 0.263 e. The first-order valence-corrected chi connectivity index (χ1v) is 8.21. The lowest BCUT2D eigenvalue weighted by atomic mass is 10.1. The third kappa shape index (κ3) is 5.08. The predicted molar refractivity (Wildman–Crippen MR) is 98.7 cm³/mol. The molecule has 0 aliphatic rings. The van der Waals surface area contributed by atoms with Gasteiger partial charge in [0.1, 0.15) is 5.75 Å². The number of hydrogen-bond acceptors (Lipinski definition) is 3. The van der Waals surface area contributed by atoms with Crippen LogP contribution in [0, 0.1) is 13.8 Å². The average Bonchev–Trinajstić information content (AvgIpc) is 2.58. The number of nitrogens with one attached hydrogen (secondary N) is 1. The smallest absolute Gasteiger partial charge is 0.263 e. The molecule has 0 bridgehead atoms. The topological polar surface area (TPSA) is 58.6 Å². The number of nitrogens with zero attached hydrogens (tertiary/aromatic N) is 1. The molecule has 2 aromatic carbocycles. The first-order chi connectivity index (χ1) is 11.9. The number of rotatable bonds is 6. The number of amides is 2. The van der Waals surface area contributed by atoms with Crippen LogP contribution in [0.25, 0.3) is 0 Å². The fourth-order valence-electron chi connectivity index (χ4n) is 2.55. The normalized spacial score (nSPS) is 11.5. The highest BCUT2D eigenvalue weighted by Gasteiger charge is 2.21. The molecule has 0 saturated heterocycles. The van der Waals surface area contributed by atoms with Gasteiger partial charge in [0.15, 0.2) is 6.10 Å². The minimum atomic E-state index is -0.666. The standard InChI is InChI=1S/C20H24N2O3/c1-14-9-8-10-15(2)19(14)21-18(23)13-22(4)20(24)16(3)25-17-11-6-5-7-12-17/h5-12,16H,13H2,1-4H3,(H,21,23)/t16-/m0/s1. The largest absolute Gasteiger partial charge is 0.481 e. The van der Waals surface area contributed by atoms with Gasteiger partial charge in [-0.15, -0.1) is 0 Å². The van der Waals surface area contributed by atoms with Crippen molar-refractivity contribution in [2.24, 2.45) is 0 Å². The fourth-order valence-corrected chi connectivity index (χ4v) is 2.55. The Morgan fingerprint density at radius 2 is 1.64 bits per heavy atom. The van der Waals surface area contributed by atoms with E-state index in [2.05, 4.69) is 5.32 Å². The molecule has 0 unspecified atom stereocenters. The van der Waals surface area contributed by atoms with Crippen LogP contribution in [0.1, 0.15) is 18.1 Å². The van der Waals surface area contributed by atoms with Crippen LogP contribution in [0.2, 0.25) is 0 Å². The molecule has 0 spiro atoms. The van der Waals surface area contributed by atoms with Crippen LogP contribution in [0.4, 0.5) is 5.69 Å². The van der Waals surface area contributed by atoms with Gasteiger partial charge in [0, 0.05) is 12.7 Å². The van der Waals surface area contributed by atoms with Gasteiger partial charge in [-0.25, -0.2) is 0 Å². The molecule has 0 heterocycles. The molecule has 0 radical (unpaired) electrons. The number of ether oxygens (including phenoxy) is 1. The van der Waals surface area contributed by atoms with E-state index in [9.17, 15) is 9.59 Å². The molecule has 25 heavy (non-hydrogen) atoms. The van der Waals surface area contributed by atoms with Gasteiger partial charge in [-0.1, -0.05) is 36.4 Å². The fraction of sp³-hybridized carbons (Fsp3) is 0.300. The van der Waals surface area contributed by atoms with Crippen LogP contribution in [0.15, 0.2) is 48.5 Å². The Balaban J connectivity index is 1.92. The van der Waals surface area contributed by atoms with Crippen molar-refractivity contribution in [1.29, 1.82) is 0 Å². The molecule has 1 N–H and O–H groups in total. The second kappa shape index (κ2) is 8.33. The number of hydrogen-bond donors (Lipinski definition) is 1. The molecule has 2 amide bonds. The SMILES string of the molecule is Cc1cccc(C)c1NC(=O)CN(C)C(=O)[C@H](C)Oc1ccccc1. The summed E-state index contributed by atoms with van der Waals surface area (Å²) in [6.45, 7) is 5.52. The van der Waals surface area contributed by atoms with E-state index in [0.717, 1.165) is 16.8 Å². The van der Waals surface area contributed by atoms with Crippen molar-refractivity contribution < 1.29 is 14.3 Å². The summed E-state index contributed by atoms with van der Waals surface area (Å²) in [6.07, 6.45) is -0.666. The third-order valence-corrected chi connectivity index (χ3v) is 3.91. The number of benzene rings is 2. The maximum absolute atomic E-state index is 12.4. The van der Waals surface area contributed by atoms with Gasteiger partial charge in [0.2, 0.25) is 5.91 Å². The number of likely N-dealkylation sites (N-methyl/N-ethyl adjacent to an activating group) is 1. The molecular formula is C20H24N2O3. The molecule has 0 aromatic heterocycles. The number of carbonyl (C=O) groups excluding carboxylic acids is 2. The van der Waals surface area contributed by atoms with Crippen molar-refractivity contribution in [3.8, 4) is 5.75 Å². The number of carbonyl (C=O) groups is 2. The van der Waals surface area contributed by atoms with Gasteiger partial charge in [-0.05, 0) is 44.0 Å². The Morgan fingerprint density at radius 1 is 1.04 bits per heavy atom. The first-order valence-electron chi connectivity index (χ1n) is 8.21. The molecule has 5 heteroatoms. The quantitative estimate of drug-likeness (QED) is 0.879. The van der Waals surface area contributed by atoms with Gasteiger partial charge in [0.25, 0.3) is 5.91 Å². The summed E-state index contributed by atoms with van der Waals surface area (Å²) in [5.41, 5.74) is 2.77. The van der Waals surface area contributed by atoms with E-state index in [-0.39, 0.29) is 18.4 Å². The lowest BCUT2D eigenvalue weighted by molar-refractivity contribution is -0.139. The summed E-state index contributed by atoms with van der Waals surface area (Å²) >= 11 is 0. The Kier molecular flexibility index (Phi) is 6.17. The Hall–Kier alpha value is -2.82. The molecule has 132 valence electrons. The summed E-state index contributed by atoms with van der Waals surface area (Å²) in [7, 11) is 1.59. The Bertz CT molecular complexity index is 724. The summed E-state index contributed by atoms with van der Waals surface area (Å²) in [6, 6.07) is 15.0. The summed E-state index contributed by atoms with van der Waals surface area (Å²) in [5, 5.41) is 2.88. The molecular weight excluding hydrogens is 316 g/mol. The van der Waals surface area contributed by atoms with Gasteiger partial charge >= 0.3 is 0 Å². The number of aryl methyl sites for hydroxylation is 2. The van der Waals surface area contributed by atoms with E-state index in [1.807, 2.05) is 50.2 Å². The van der Waals surface area contributed by atoms with Crippen LogP contribution in [-0.4, -0.2) is 36.4 Å². The van der Waals surface area contributed by atoms with Crippen LogP contribution in [0.5, 0.6) is 5.75 Å². The van der Waals surface area contributed by atoms with Crippen LogP contribution in [-0.2, 0) is 9.59 Å². The highest BCUT2D eigenvalue weighted by atomic mass is 16.5. The number of anilines is 1. The Labute approximate surface area is 148 Å².